The third-order valence-electron chi connectivity index (χ3n) is 4.66. The minimum atomic E-state index is -0.681. The zero-order chi connectivity index (χ0) is 17.0. The summed E-state index contributed by atoms with van der Waals surface area (Å²) in [5.41, 5.74) is 4.15. The van der Waals surface area contributed by atoms with E-state index in [1.165, 1.54) is 31.1 Å². The van der Waals surface area contributed by atoms with Gasteiger partial charge in [-0.2, -0.15) is 0 Å². The predicted molar refractivity (Wildman–Crippen MR) is 92.2 cm³/mol. The highest BCUT2D eigenvalue weighted by molar-refractivity contribution is 5.89. The zero-order valence-corrected chi connectivity index (χ0v) is 14.4. The molecule has 3 nitrogen and oxygen atoms in total. The lowest BCUT2D eigenvalue weighted by Crippen LogP contribution is -2.19. The van der Waals surface area contributed by atoms with E-state index in [9.17, 15) is 9.90 Å². The molecule has 1 unspecified atom stereocenters. The number of esters is 1. The standard InChI is InChI=1S/C20H26O3/c1-14-6-5-13-20(2,3)17(14)11-12-18(21)15-7-9-16(10-8-15)19(22)23-4/h7-12,18,21H,5-6,13H2,1-4H3. The summed E-state index contributed by atoms with van der Waals surface area (Å²) in [6.07, 6.45) is 6.75. The Labute approximate surface area is 138 Å². The minimum Gasteiger partial charge on any atom is -0.465 e. The SMILES string of the molecule is COC(=O)c1ccc(C(O)C=CC2=C(C)CCCC2(C)C)cc1. The molecule has 0 heterocycles. The number of carbonyl (C=O) groups is 1. The van der Waals surface area contributed by atoms with Crippen molar-refractivity contribution in [3.8, 4) is 0 Å². The Morgan fingerprint density at radius 1 is 1.30 bits per heavy atom. The number of benzene rings is 1. The number of ether oxygens (including phenoxy) is 1. The third kappa shape index (κ3) is 4.11. The zero-order valence-electron chi connectivity index (χ0n) is 14.4. The molecule has 1 aliphatic carbocycles. The maximum absolute atomic E-state index is 11.4. The van der Waals surface area contributed by atoms with Crippen LogP contribution in [0, 0.1) is 5.41 Å². The van der Waals surface area contributed by atoms with Gasteiger partial charge in [0.25, 0.3) is 0 Å². The van der Waals surface area contributed by atoms with E-state index >= 15 is 0 Å². The number of aliphatic hydroxyl groups is 1. The average molecular weight is 314 g/mol. The van der Waals surface area contributed by atoms with E-state index in [1.807, 2.05) is 6.08 Å². The summed E-state index contributed by atoms with van der Waals surface area (Å²) in [4.78, 5) is 11.4. The molecule has 1 atom stereocenters. The highest BCUT2D eigenvalue weighted by Crippen LogP contribution is 2.41. The summed E-state index contributed by atoms with van der Waals surface area (Å²) in [7, 11) is 1.36. The van der Waals surface area contributed by atoms with Crippen molar-refractivity contribution in [3.05, 3.63) is 58.7 Å². The van der Waals surface area contributed by atoms with Gasteiger partial charge in [0.05, 0.1) is 18.8 Å². The van der Waals surface area contributed by atoms with Gasteiger partial charge in [-0.3, -0.25) is 0 Å². The predicted octanol–water partition coefficient (Wildman–Crippen LogP) is 4.59. The van der Waals surface area contributed by atoms with E-state index < -0.39 is 6.10 Å². The van der Waals surface area contributed by atoms with Crippen LogP contribution in [0.5, 0.6) is 0 Å². The van der Waals surface area contributed by atoms with Crippen molar-refractivity contribution in [3.63, 3.8) is 0 Å². The molecule has 1 aliphatic rings. The highest BCUT2D eigenvalue weighted by atomic mass is 16.5. The smallest absolute Gasteiger partial charge is 0.337 e. The fourth-order valence-electron chi connectivity index (χ4n) is 3.24. The molecule has 0 aromatic heterocycles. The van der Waals surface area contributed by atoms with Crippen LogP contribution in [0.1, 0.15) is 62.1 Å². The van der Waals surface area contributed by atoms with Gasteiger partial charge in [0, 0.05) is 0 Å². The highest BCUT2D eigenvalue weighted by Gasteiger charge is 2.26. The van der Waals surface area contributed by atoms with Crippen molar-refractivity contribution < 1.29 is 14.6 Å². The van der Waals surface area contributed by atoms with Gasteiger partial charge in [-0.1, -0.05) is 43.7 Å². The molecule has 0 saturated carbocycles. The first kappa shape index (κ1) is 17.5. The molecular formula is C20H26O3. The quantitative estimate of drug-likeness (QED) is 0.827. The minimum absolute atomic E-state index is 0.160. The fourth-order valence-corrected chi connectivity index (χ4v) is 3.24. The van der Waals surface area contributed by atoms with Crippen LogP contribution in [0.2, 0.25) is 0 Å². The molecular weight excluding hydrogens is 288 g/mol. The lowest BCUT2D eigenvalue weighted by atomic mass is 9.72. The molecule has 1 aromatic rings. The first-order valence-corrected chi connectivity index (χ1v) is 8.10. The first-order chi connectivity index (χ1) is 10.8. The summed E-state index contributed by atoms with van der Waals surface area (Å²) < 4.78 is 4.68. The van der Waals surface area contributed by atoms with E-state index in [0.717, 1.165) is 12.0 Å². The Balaban J connectivity index is 2.15. The van der Waals surface area contributed by atoms with Crippen LogP contribution in [0.3, 0.4) is 0 Å². The summed E-state index contributed by atoms with van der Waals surface area (Å²) in [5, 5.41) is 10.4. The van der Waals surface area contributed by atoms with Gasteiger partial charge >= 0.3 is 5.97 Å². The lowest BCUT2D eigenvalue weighted by molar-refractivity contribution is 0.0600. The molecule has 3 heteroatoms. The largest absolute Gasteiger partial charge is 0.465 e. The summed E-state index contributed by atoms with van der Waals surface area (Å²) in [6, 6.07) is 6.86. The molecule has 0 amide bonds. The number of allylic oxidation sites excluding steroid dienone is 3. The Hall–Kier alpha value is -1.87. The van der Waals surface area contributed by atoms with Gasteiger partial charge in [-0.25, -0.2) is 4.79 Å². The van der Waals surface area contributed by atoms with Gasteiger partial charge in [0.1, 0.15) is 0 Å². The van der Waals surface area contributed by atoms with Gasteiger partial charge in [0.15, 0.2) is 0 Å². The van der Waals surface area contributed by atoms with Gasteiger partial charge in [-0.15, -0.1) is 0 Å². The first-order valence-electron chi connectivity index (χ1n) is 8.10. The Bertz CT molecular complexity index is 621. The number of aliphatic hydroxyl groups excluding tert-OH is 1. The molecule has 0 fully saturated rings. The van der Waals surface area contributed by atoms with Crippen molar-refractivity contribution in [2.45, 2.75) is 46.1 Å². The summed E-state index contributed by atoms with van der Waals surface area (Å²) in [5.74, 6) is -0.369. The molecule has 124 valence electrons. The molecule has 2 rings (SSSR count). The summed E-state index contributed by atoms with van der Waals surface area (Å²) >= 11 is 0. The summed E-state index contributed by atoms with van der Waals surface area (Å²) in [6.45, 7) is 6.69. The van der Waals surface area contributed by atoms with Crippen LogP contribution < -0.4 is 0 Å². The van der Waals surface area contributed by atoms with Crippen molar-refractivity contribution in [1.82, 2.24) is 0 Å². The van der Waals surface area contributed by atoms with Crippen LogP contribution in [-0.4, -0.2) is 18.2 Å². The topological polar surface area (TPSA) is 46.5 Å². The number of carbonyl (C=O) groups excluding carboxylic acids is 1. The second-order valence-electron chi connectivity index (χ2n) is 6.85. The van der Waals surface area contributed by atoms with E-state index in [0.29, 0.717) is 5.56 Å². The monoisotopic (exact) mass is 314 g/mol. The van der Waals surface area contributed by atoms with Crippen LogP contribution in [0.4, 0.5) is 0 Å². The maximum Gasteiger partial charge on any atom is 0.337 e. The van der Waals surface area contributed by atoms with Crippen LogP contribution in [-0.2, 0) is 4.74 Å². The average Bonchev–Trinajstić information content (AvgIpc) is 2.53. The van der Waals surface area contributed by atoms with E-state index in [1.54, 1.807) is 24.3 Å². The third-order valence-corrected chi connectivity index (χ3v) is 4.66. The molecule has 23 heavy (non-hydrogen) atoms. The Kier molecular flexibility index (Phi) is 5.42. The number of hydrogen-bond donors (Lipinski definition) is 1. The number of methoxy groups -OCH3 is 1. The van der Waals surface area contributed by atoms with Crippen LogP contribution in [0.25, 0.3) is 0 Å². The van der Waals surface area contributed by atoms with E-state index in [-0.39, 0.29) is 11.4 Å². The molecule has 0 saturated heterocycles. The van der Waals surface area contributed by atoms with Crippen LogP contribution in [0.15, 0.2) is 47.6 Å². The molecule has 1 aromatic carbocycles. The molecule has 0 aliphatic heterocycles. The molecule has 1 N–H and O–H groups in total. The molecule has 0 spiro atoms. The Morgan fingerprint density at radius 3 is 2.52 bits per heavy atom. The van der Waals surface area contributed by atoms with Crippen molar-refractivity contribution in [1.29, 1.82) is 0 Å². The number of hydrogen-bond acceptors (Lipinski definition) is 3. The van der Waals surface area contributed by atoms with Gasteiger partial charge in [-0.05, 0) is 54.9 Å². The van der Waals surface area contributed by atoms with Crippen molar-refractivity contribution in [2.75, 3.05) is 7.11 Å². The molecule has 0 radical (unpaired) electrons. The second kappa shape index (κ2) is 7.14. The van der Waals surface area contributed by atoms with E-state index in [4.69, 9.17) is 0 Å². The molecule has 0 bridgehead atoms. The Morgan fingerprint density at radius 2 is 1.96 bits per heavy atom. The van der Waals surface area contributed by atoms with Crippen molar-refractivity contribution in [2.24, 2.45) is 5.41 Å². The maximum atomic E-state index is 11.4. The van der Waals surface area contributed by atoms with Crippen LogP contribution >= 0.6 is 0 Å². The lowest BCUT2D eigenvalue weighted by Gasteiger charge is -2.33. The number of rotatable bonds is 4. The second-order valence-corrected chi connectivity index (χ2v) is 6.85. The van der Waals surface area contributed by atoms with Gasteiger partial charge < -0.3 is 9.84 Å². The van der Waals surface area contributed by atoms with Gasteiger partial charge in [0.2, 0.25) is 0 Å². The van der Waals surface area contributed by atoms with Crippen molar-refractivity contribution >= 4 is 5.97 Å². The van der Waals surface area contributed by atoms with E-state index in [2.05, 4.69) is 31.6 Å². The fraction of sp³-hybridized carbons (Fsp3) is 0.450. The normalized spacial score (nSPS) is 19.0.